The van der Waals surface area contributed by atoms with E-state index in [1.54, 1.807) is 24.3 Å². The highest BCUT2D eigenvalue weighted by molar-refractivity contribution is 6.32. The summed E-state index contributed by atoms with van der Waals surface area (Å²) in [5, 5.41) is 15.5. The number of halogens is 2. The summed E-state index contributed by atoms with van der Waals surface area (Å²) in [4.78, 5) is 35.0. The van der Waals surface area contributed by atoms with Gasteiger partial charge in [0.2, 0.25) is 0 Å². The maximum absolute atomic E-state index is 12.2. The molecule has 1 fully saturated rings. The number of rotatable bonds is 9. The Morgan fingerprint density at radius 2 is 1.36 bits per heavy atom. The van der Waals surface area contributed by atoms with E-state index >= 15 is 0 Å². The van der Waals surface area contributed by atoms with Crippen LogP contribution in [0, 0.1) is 4.91 Å². The Labute approximate surface area is 200 Å². The number of hydrogen-bond acceptors (Lipinski definition) is 5. The Morgan fingerprint density at radius 1 is 0.879 bits per heavy atom. The largest absolute Gasteiger partial charge is 0.484 e. The number of carbonyl (C=O) groups is 2. The molecule has 1 aliphatic carbocycles. The lowest BCUT2D eigenvalue weighted by Crippen LogP contribution is -2.45. The van der Waals surface area contributed by atoms with Gasteiger partial charge in [-0.15, -0.1) is 0 Å². The van der Waals surface area contributed by atoms with E-state index in [2.05, 4.69) is 10.6 Å². The maximum Gasteiger partial charge on any atom is 0.338 e. The van der Waals surface area contributed by atoms with Crippen LogP contribution in [0.5, 0.6) is 11.5 Å². The number of nitrogens with one attached hydrogen (secondary N) is 2. The number of amides is 2. The molecule has 0 bridgehead atoms. The summed E-state index contributed by atoms with van der Waals surface area (Å²) in [5.41, 5.74) is -0.173. The third kappa shape index (κ3) is 7.80. The first-order valence-electron chi connectivity index (χ1n) is 10.4. The molecule has 11 heteroatoms. The summed E-state index contributed by atoms with van der Waals surface area (Å²) in [6.07, 6.45) is 2.90. The fourth-order valence-corrected chi connectivity index (χ4v) is 3.79. The number of carbonyl (C=O) groups excluding carboxylic acids is 2. The zero-order valence-corrected chi connectivity index (χ0v) is 19.1. The maximum atomic E-state index is 12.2. The molecular formula is C22H24Cl2N3O6+. The van der Waals surface area contributed by atoms with Gasteiger partial charge in [0.15, 0.2) is 13.2 Å². The van der Waals surface area contributed by atoms with Crippen LogP contribution in [0.1, 0.15) is 25.7 Å². The van der Waals surface area contributed by atoms with Crippen LogP contribution in [-0.4, -0.2) is 47.2 Å². The lowest BCUT2D eigenvalue weighted by molar-refractivity contribution is -0.729. The van der Waals surface area contributed by atoms with Gasteiger partial charge < -0.3 is 20.1 Å². The van der Waals surface area contributed by atoms with Gasteiger partial charge in [-0.2, -0.15) is 0 Å². The zero-order chi connectivity index (χ0) is 23.8. The molecule has 0 radical (unpaired) electrons. The molecule has 0 spiro atoms. The third-order valence-corrected chi connectivity index (χ3v) is 5.71. The Bertz CT molecular complexity index is 994. The van der Waals surface area contributed by atoms with Gasteiger partial charge in [0.05, 0.1) is 11.0 Å². The minimum atomic E-state index is -0.365. The second kappa shape index (κ2) is 11.7. The zero-order valence-electron chi connectivity index (χ0n) is 17.6. The van der Waals surface area contributed by atoms with Crippen LogP contribution in [0.3, 0.4) is 0 Å². The highest BCUT2D eigenvalue weighted by Crippen LogP contribution is 2.28. The van der Waals surface area contributed by atoms with Crippen LogP contribution in [0.15, 0.2) is 42.5 Å². The van der Waals surface area contributed by atoms with E-state index in [1.165, 1.54) is 18.2 Å². The van der Waals surface area contributed by atoms with Gasteiger partial charge in [-0.25, -0.2) is 5.21 Å². The van der Waals surface area contributed by atoms with Gasteiger partial charge in [-0.3, -0.25) is 9.59 Å². The van der Waals surface area contributed by atoms with Crippen molar-refractivity contribution in [1.29, 1.82) is 0 Å². The van der Waals surface area contributed by atoms with Crippen molar-refractivity contribution < 1.29 is 29.2 Å². The van der Waals surface area contributed by atoms with Crippen LogP contribution in [0.25, 0.3) is 0 Å². The van der Waals surface area contributed by atoms with Crippen molar-refractivity contribution in [3.63, 3.8) is 0 Å². The minimum Gasteiger partial charge on any atom is -0.484 e. The second-order valence-electron chi connectivity index (χ2n) is 7.60. The molecule has 0 aliphatic heterocycles. The number of hydrogen-bond donors (Lipinski definition) is 3. The number of nitrogens with zero attached hydrogens (tertiary/aromatic N) is 1. The lowest BCUT2D eigenvalue weighted by atomic mass is 9.91. The highest BCUT2D eigenvalue weighted by atomic mass is 35.5. The van der Waals surface area contributed by atoms with Gasteiger partial charge in [0.1, 0.15) is 16.5 Å². The van der Waals surface area contributed by atoms with Gasteiger partial charge in [-0.05, 0) is 62.1 Å². The van der Waals surface area contributed by atoms with Crippen molar-refractivity contribution in [2.24, 2.45) is 0 Å². The number of benzene rings is 2. The van der Waals surface area contributed by atoms with Crippen molar-refractivity contribution in [3.05, 3.63) is 57.4 Å². The van der Waals surface area contributed by atoms with Gasteiger partial charge in [0, 0.05) is 17.1 Å². The first-order chi connectivity index (χ1) is 15.8. The van der Waals surface area contributed by atoms with E-state index in [0.717, 1.165) is 25.7 Å². The normalized spacial score (nSPS) is 17.6. The topological polar surface area (TPSA) is 117 Å². The first kappa shape index (κ1) is 24.6. The molecule has 33 heavy (non-hydrogen) atoms. The molecule has 0 heterocycles. The summed E-state index contributed by atoms with van der Waals surface area (Å²) < 4.78 is 10.8. The molecule has 0 aromatic heterocycles. The predicted octanol–water partition coefficient (Wildman–Crippen LogP) is 3.79. The summed E-state index contributed by atoms with van der Waals surface area (Å²) >= 11 is 11.6. The molecule has 3 rings (SSSR count). The van der Waals surface area contributed by atoms with E-state index < -0.39 is 0 Å². The molecule has 176 valence electrons. The standard InChI is InChI=1S/C22H23Cl2N3O6/c23-14-1-7-17(8-2-14)32-12-21(28)25-15-3-5-16(6-4-15)26-22(29)13-33-18-9-10-19(24)20(11-18)27(30)31/h1-2,7-11,15-16H,3-6,12-13H2,(H2-,25,26,28,29,30,31)/p+1/t15-,16-. The monoisotopic (exact) mass is 496 g/mol. The Hall–Kier alpha value is -3.04. The molecule has 1 aliphatic rings. The van der Waals surface area contributed by atoms with Crippen LogP contribution < -0.4 is 20.1 Å². The third-order valence-electron chi connectivity index (χ3n) is 5.13. The molecule has 1 saturated carbocycles. The second-order valence-corrected chi connectivity index (χ2v) is 8.44. The number of ether oxygens (including phenoxy) is 2. The molecule has 0 atom stereocenters. The molecule has 2 aromatic rings. The predicted molar refractivity (Wildman–Crippen MR) is 121 cm³/mol. The van der Waals surface area contributed by atoms with E-state index in [1.807, 2.05) is 0 Å². The minimum absolute atomic E-state index is 0.0186. The Morgan fingerprint density at radius 3 is 1.88 bits per heavy atom. The van der Waals surface area contributed by atoms with Crippen LogP contribution in [-0.2, 0) is 9.59 Å². The van der Waals surface area contributed by atoms with Crippen molar-refractivity contribution in [2.45, 2.75) is 37.8 Å². The molecule has 2 aromatic carbocycles. The summed E-state index contributed by atoms with van der Waals surface area (Å²) in [7, 11) is 0. The summed E-state index contributed by atoms with van der Waals surface area (Å²) in [5.74, 6) is 0.289. The molecule has 0 saturated heterocycles. The van der Waals surface area contributed by atoms with E-state index in [4.69, 9.17) is 37.9 Å². The van der Waals surface area contributed by atoms with Crippen molar-refractivity contribution in [3.8, 4) is 11.5 Å². The molecule has 9 nitrogen and oxygen atoms in total. The van der Waals surface area contributed by atoms with Gasteiger partial charge in [0.25, 0.3) is 16.7 Å². The first-order valence-corrected chi connectivity index (χ1v) is 11.1. The van der Waals surface area contributed by atoms with E-state index in [0.29, 0.717) is 10.8 Å². The van der Waals surface area contributed by atoms with Crippen LogP contribution in [0.4, 0.5) is 5.69 Å². The van der Waals surface area contributed by atoms with Gasteiger partial charge in [-0.1, -0.05) is 23.2 Å². The van der Waals surface area contributed by atoms with Gasteiger partial charge >= 0.3 is 5.69 Å². The van der Waals surface area contributed by atoms with Crippen LogP contribution in [0.2, 0.25) is 10.0 Å². The lowest BCUT2D eigenvalue weighted by Gasteiger charge is -2.29. The van der Waals surface area contributed by atoms with E-state index in [-0.39, 0.29) is 58.5 Å². The highest BCUT2D eigenvalue weighted by Gasteiger charge is 2.24. The molecule has 0 unspecified atom stereocenters. The summed E-state index contributed by atoms with van der Waals surface area (Å²) in [6, 6.07) is 10.9. The smallest absolute Gasteiger partial charge is 0.338 e. The Balaban J connectivity index is 1.34. The van der Waals surface area contributed by atoms with Crippen LogP contribution >= 0.6 is 23.2 Å². The van der Waals surface area contributed by atoms with Crippen molar-refractivity contribution >= 4 is 40.7 Å². The fraction of sp³-hybridized carbons (Fsp3) is 0.364. The van der Waals surface area contributed by atoms with Crippen molar-refractivity contribution in [2.75, 3.05) is 13.2 Å². The Kier molecular flexibility index (Phi) is 8.73. The average Bonchev–Trinajstić information content (AvgIpc) is 2.79. The molecule has 2 amide bonds. The quantitative estimate of drug-likeness (QED) is 0.454. The SMILES string of the molecule is O=C(COc1ccc(Cl)cc1)N[C@H]1CC[C@H](NC(=O)COc2ccc(Cl)c([N+](=O)O)c2)CC1. The summed E-state index contributed by atoms with van der Waals surface area (Å²) in [6.45, 7) is -0.327. The van der Waals surface area contributed by atoms with Crippen molar-refractivity contribution in [1.82, 2.24) is 10.6 Å². The fourth-order valence-electron chi connectivity index (χ4n) is 3.48. The average molecular weight is 497 g/mol. The van der Waals surface area contributed by atoms with E-state index in [9.17, 15) is 14.5 Å². The molecule has 3 N–H and O–H groups in total. The molecular weight excluding hydrogens is 473 g/mol.